The van der Waals surface area contributed by atoms with Crippen molar-refractivity contribution in [3.63, 3.8) is 0 Å². The Morgan fingerprint density at radius 3 is 2.53 bits per heavy atom. The normalized spacial score (nSPS) is 10.4. The van der Waals surface area contributed by atoms with E-state index >= 15 is 0 Å². The summed E-state index contributed by atoms with van der Waals surface area (Å²) in [6, 6.07) is 6.55. The van der Waals surface area contributed by atoms with Crippen LogP contribution in [0.3, 0.4) is 0 Å². The van der Waals surface area contributed by atoms with Gasteiger partial charge < -0.3 is 15.3 Å². The van der Waals surface area contributed by atoms with Crippen molar-refractivity contribution >= 4 is 16.7 Å². The minimum absolute atomic E-state index is 0.0264. The quantitative estimate of drug-likeness (QED) is 0.732. The molecule has 0 saturated carbocycles. The van der Waals surface area contributed by atoms with Crippen molar-refractivity contribution in [1.82, 2.24) is 0 Å². The van der Waals surface area contributed by atoms with Gasteiger partial charge in [0.2, 0.25) is 0 Å². The highest BCUT2D eigenvalue weighted by molar-refractivity contribution is 5.98. The molecule has 15 heavy (non-hydrogen) atoms. The predicted molar refractivity (Wildman–Crippen MR) is 52.0 cm³/mol. The van der Waals surface area contributed by atoms with E-state index in [1.807, 2.05) is 0 Å². The van der Waals surface area contributed by atoms with Crippen LogP contribution < -0.4 is 5.11 Å². The number of carboxylic acid groups (broad SMARTS) is 1. The summed E-state index contributed by atoms with van der Waals surface area (Å²) in [7, 11) is 0. The van der Waals surface area contributed by atoms with Crippen molar-refractivity contribution in [1.29, 1.82) is 0 Å². The topological polar surface area (TPSA) is 80.6 Å². The lowest BCUT2D eigenvalue weighted by atomic mass is 10.1. The molecule has 0 aliphatic heterocycles. The molecule has 0 aromatic heterocycles. The van der Waals surface area contributed by atoms with Crippen molar-refractivity contribution in [2.75, 3.05) is 0 Å². The van der Waals surface area contributed by atoms with Gasteiger partial charge in [-0.05, 0) is 29.7 Å². The molecule has 0 fully saturated rings. The maximum Gasteiger partial charge on any atom is 0.335 e. The van der Waals surface area contributed by atoms with Gasteiger partial charge >= 0.3 is 5.97 Å². The summed E-state index contributed by atoms with van der Waals surface area (Å²) in [6.45, 7) is 0. The van der Waals surface area contributed by atoms with E-state index in [0.29, 0.717) is 5.39 Å². The molecule has 0 aliphatic carbocycles. The Labute approximate surface area is 85.0 Å². The van der Waals surface area contributed by atoms with E-state index in [-0.39, 0.29) is 22.4 Å². The standard InChI is InChI=1S/C11H8O4/c12-9-3-4-10(13)8-5-6(11(14)15)1-2-7(8)9/h1-5,12-13H,(H,14,15)/p-1. The fourth-order valence-corrected chi connectivity index (χ4v) is 1.44. The average molecular weight is 203 g/mol. The Morgan fingerprint density at radius 2 is 1.87 bits per heavy atom. The van der Waals surface area contributed by atoms with E-state index < -0.39 is 5.97 Å². The van der Waals surface area contributed by atoms with Gasteiger partial charge in [-0.25, -0.2) is 4.79 Å². The van der Waals surface area contributed by atoms with Crippen molar-refractivity contribution in [3.05, 3.63) is 35.9 Å². The van der Waals surface area contributed by atoms with Gasteiger partial charge in [-0.3, -0.25) is 0 Å². The SMILES string of the molecule is O=C(O)c1ccc2c(O)ccc([O-])c2c1. The van der Waals surface area contributed by atoms with Crippen molar-refractivity contribution in [2.45, 2.75) is 0 Å². The van der Waals surface area contributed by atoms with Crippen molar-refractivity contribution < 1.29 is 20.1 Å². The van der Waals surface area contributed by atoms with E-state index in [1.54, 1.807) is 0 Å². The fourth-order valence-electron chi connectivity index (χ4n) is 1.44. The van der Waals surface area contributed by atoms with Gasteiger partial charge in [0, 0.05) is 5.39 Å². The zero-order valence-corrected chi connectivity index (χ0v) is 7.60. The summed E-state index contributed by atoms with van der Waals surface area (Å²) in [6.07, 6.45) is 0. The summed E-state index contributed by atoms with van der Waals surface area (Å²) in [4.78, 5) is 10.7. The van der Waals surface area contributed by atoms with E-state index in [1.165, 1.54) is 30.3 Å². The number of carbonyl (C=O) groups is 1. The maximum atomic E-state index is 11.4. The first-order valence-electron chi connectivity index (χ1n) is 4.25. The molecule has 2 aromatic carbocycles. The molecule has 0 amide bonds. The monoisotopic (exact) mass is 203 g/mol. The van der Waals surface area contributed by atoms with Crippen LogP contribution in [0.4, 0.5) is 0 Å². The Morgan fingerprint density at radius 1 is 1.13 bits per heavy atom. The van der Waals surface area contributed by atoms with Crippen LogP contribution in [0.2, 0.25) is 0 Å². The number of benzene rings is 2. The Kier molecular flexibility index (Phi) is 1.97. The molecule has 4 heteroatoms. The lowest BCUT2D eigenvalue weighted by molar-refractivity contribution is -0.265. The number of carboxylic acids is 1. The van der Waals surface area contributed by atoms with Gasteiger partial charge in [0.1, 0.15) is 5.75 Å². The maximum absolute atomic E-state index is 11.4. The molecule has 0 bridgehead atoms. The molecule has 76 valence electrons. The molecule has 4 nitrogen and oxygen atoms in total. The van der Waals surface area contributed by atoms with E-state index in [0.717, 1.165) is 0 Å². The van der Waals surface area contributed by atoms with Crippen LogP contribution in [-0.4, -0.2) is 16.2 Å². The molecule has 2 aromatic rings. The van der Waals surface area contributed by atoms with Crippen LogP contribution in [0.25, 0.3) is 10.8 Å². The Hall–Kier alpha value is -2.23. The summed E-state index contributed by atoms with van der Waals surface area (Å²) < 4.78 is 0. The van der Waals surface area contributed by atoms with Crippen LogP contribution >= 0.6 is 0 Å². The van der Waals surface area contributed by atoms with Gasteiger partial charge in [-0.2, -0.15) is 0 Å². The highest BCUT2D eigenvalue weighted by atomic mass is 16.4. The van der Waals surface area contributed by atoms with Crippen LogP contribution in [0.15, 0.2) is 30.3 Å². The molecular formula is C11H7O4-. The number of phenols is 1. The molecule has 0 atom stereocenters. The highest BCUT2D eigenvalue weighted by Crippen LogP contribution is 2.30. The zero-order chi connectivity index (χ0) is 11.0. The summed E-state index contributed by atoms with van der Waals surface area (Å²) in [5.41, 5.74) is 0.0326. The lowest BCUT2D eigenvalue weighted by Gasteiger charge is -2.11. The van der Waals surface area contributed by atoms with Crippen LogP contribution in [0.5, 0.6) is 11.5 Å². The largest absolute Gasteiger partial charge is 0.872 e. The van der Waals surface area contributed by atoms with Crippen LogP contribution in [0, 0.1) is 0 Å². The minimum Gasteiger partial charge on any atom is -0.872 e. The second-order valence-corrected chi connectivity index (χ2v) is 3.15. The van der Waals surface area contributed by atoms with Crippen LogP contribution in [0.1, 0.15) is 10.4 Å². The second kappa shape index (κ2) is 3.16. The minimum atomic E-state index is -1.10. The number of aromatic hydroxyl groups is 1. The first-order chi connectivity index (χ1) is 7.09. The number of rotatable bonds is 1. The molecule has 0 saturated heterocycles. The lowest BCUT2D eigenvalue weighted by Crippen LogP contribution is -1.97. The Balaban J connectivity index is 2.81. The number of hydrogen-bond acceptors (Lipinski definition) is 3. The molecular weight excluding hydrogens is 196 g/mol. The number of fused-ring (bicyclic) bond motifs is 1. The third kappa shape index (κ3) is 1.46. The third-order valence-corrected chi connectivity index (χ3v) is 2.20. The molecule has 0 unspecified atom stereocenters. The molecule has 0 spiro atoms. The molecule has 0 heterocycles. The summed E-state index contributed by atoms with van der Waals surface area (Å²) in [5, 5.41) is 30.2. The van der Waals surface area contributed by atoms with Gasteiger partial charge in [0.05, 0.1) is 5.56 Å². The van der Waals surface area contributed by atoms with Crippen molar-refractivity contribution in [2.24, 2.45) is 0 Å². The van der Waals surface area contributed by atoms with Gasteiger partial charge in [-0.1, -0.05) is 6.07 Å². The molecule has 2 rings (SSSR count). The fraction of sp³-hybridized carbons (Fsp3) is 0. The van der Waals surface area contributed by atoms with E-state index in [4.69, 9.17) is 5.11 Å². The van der Waals surface area contributed by atoms with E-state index in [9.17, 15) is 15.0 Å². The van der Waals surface area contributed by atoms with E-state index in [2.05, 4.69) is 0 Å². The number of hydrogen-bond donors (Lipinski definition) is 2. The van der Waals surface area contributed by atoms with Gasteiger partial charge in [-0.15, -0.1) is 5.75 Å². The molecule has 0 aliphatic rings. The smallest absolute Gasteiger partial charge is 0.335 e. The zero-order valence-electron chi connectivity index (χ0n) is 7.60. The number of phenolic OH excluding ortho intramolecular Hbond substituents is 1. The van der Waals surface area contributed by atoms with Gasteiger partial charge in [0.25, 0.3) is 0 Å². The summed E-state index contributed by atoms with van der Waals surface area (Å²) >= 11 is 0. The third-order valence-electron chi connectivity index (χ3n) is 2.20. The number of aromatic carboxylic acids is 1. The Bertz CT molecular complexity index is 546. The first kappa shape index (κ1) is 9.33. The molecule has 2 N–H and O–H groups in total. The summed E-state index contributed by atoms with van der Waals surface area (Å²) in [5.74, 6) is -1.42. The average Bonchev–Trinajstić information content (AvgIpc) is 2.23. The molecule has 0 radical (unpaired) electrons. The first-order valence-corrected chi connectivity index (χ1v) is 4.25. The highest BCUT2D eigenvalue weighted by Gasteiger charge is 2.05. The predicted octanol–water partition coefficient (Wildman–Crippen LogP) is 1.32. The van der Waals surface area contributed by atoms with Gasteiger partial charge in [0.15, 0.2) is 0 Å². The van der Waals surface area contributed by atoms with Crippen LogP contribution in [-0.2, 0) is 0 Å². The second-order valence-electron chi connectivity index (χ2n) is 3.15. The van der Waals surface area contributed by atoms with Crippen molar-refractivity contribution in [3.8, 4) is 11.5 Å².